The van der Waals surface area contributed by atoms with Crippen molar-refractivity contribution in [3.63, 3.8) is 0 Å². The highest BCUT2D eigenvalue weighted by molar-refractivity contribution is 7.80. The molecular formula is C20H18N2O5S. The molecular weight excluding hydrogens is 380 g/mol. The van der Waals surface area contributed by atoms with Crippen molar-refractivity contribution < 1.29 is 24.5 Å². The van der Waals surface area contributed by atoms with Crippen LogP contribution in [0.2, 0.25) is 0 Å². The normalized spacial score (nSPS) is 19.1. The van der Waals surface area contributed by atoms with E-state index in [9.17, 15) is 19.8 Å². The molecule has 0 radical (unpaired) electrons. The van der Waals surface area contributed by atoms with Gasteiger partial charge in [0.1, 0.15) is 18.3 Å². The maximum Gasteiger partial charge on any atom is 0.414 e. The standard InChI is InChI=1S/C20H18N2O5S/c1-12-16(18(23)24)17(22(20(25)26)19(28)21-12)14-9-5-6-10-15(14)27-11-13-7-3-2-4-8-13/h2-10,16-17H,11H2,1H3,(H,23,24)(H,25,26). The number of hydrogen-bond donors (Lipinski definition) is 2. The molecule has 0 bridgehead atoms. The van der Waals surface area contributed by atoms with Crippen molar-refractivity contribution in [2.45, 2.75) is 19.6 Å². The van der Waals surface area contributed by atoms with Gasteiger partial charge in [-0.05, 0) is 30.8 Å². The molecule has 2 unspecified atom stereocenters. The number of thiocarbonyl (C=S) groups is 1. The number of hydrogen-bond acceptors (Lipinski definition) is 4. The van der Waals surface area contributed by atoms with Crippen LogP contribution in [0.4, 0.5) is 4.79 Å². The molecule has 1 amide bonds. The van der Waals surface area contributed by atoms with Crippen molar-refractivity contribution in [2.75, 3.05) is 0 Å². The van der Waals surface area contributed by atoms with Crippen LogP contribution < -0.4 is 4.74 Å². The number of ether oxygens (including phenoxy) is 1. The van der Waals surface area contributed by atoms with Gasteiger partial charge >= 0.3 is 12.1 Å². The van der Waals surface area contributed by atoms with Crippen molar-refractivity contribution >= 4 is 35.1 Å². The lowest BCUT2D eigenvalue weighted by Gasteiger charge is -2.36. The van der Waals surface area contributed by atoms with Crippen LogP contribution in [0.3, 0.4) is 0 Å². The minimum absolute atomic E-state index is 0.189. The SMILES string of the molecule is CC1=NC(=S)N(C(=O)O)C(c2ccccc2OCc2ccccc2)C1C(=O)O. The van der Waals surface area contributed by atoms with Crippen LogP contribution in [0.15, 0.2) is 59.6 Å². The predicted octanol–water partition coefficient (Wildman–Crippen LogP) is 3.75. The topological polar surface area (TPSA) is 99.4 Å². The van der Waals surface area contributed by atoms with Crippen LogP contribution in [-0.4, -0.2) is 38.0 Å². The summed E-state index contributed by atoms with van der Waals surface area (Å²) in [4.78, 5) is 28.5. The Morgan fingerprint density at radius 1 is 1.11 bits per heavy atom. The van der Waals surface area contributed by atoms with Gasteiger partial charge in [-0.1, -0.05) is 48.5 Å². The van der Waals surface area contributed by atoms with E-state index in [-0.39, 0.29) is 17.4 Å². The predicted molar refractivity (Wildman–Crippen MR) is 107 cm³/mol. The minimum Gasteiger partial charge on any atom is -0.489 e. The van der Waals surface area contributed by atoms with Crippen molar-refractivity contribution in [1.82, 2.24) is 4.90 Å². The van der Waals surface area contributed by atoms with Crippen molar-refractivity contribution in [3.8, 4) is 5.75 Å². The summed E-state index contributed by atoms with van der Waals surface area (Å²) in [5.74, 6) is -1.96. The fourth-order valence-electron chi connectivity index (χ4n) is 3.20. The smallest absolute Gasteiger partial charge is 0.414 e. The zero-order chi connectivity index (χ0) is 20.3. The monoisotopic (exact) mass is 398 g/mol. The fourth-order valence-corrected chi connectivity index (χ4v) is 3.53. The van der Waals surface area contributed by atoms with Gasteiger partial charge in [-0.25, -0.2) is 14.7 Å². The third-order valence-corrected chi connectivity index (χ3v) is 4.76. The Morgan fingerprint density at radius 3 is 2.39 bits per heavy atom. The van der Waals surface area contributed by atoms with Gasteiger partial charge in [-0.2, -0.15) is 0 Å². The molecule has 2 aromatic rings. The van der Waals surface area contributed by atoms with Crippen molar-refractivity contribution in [1.29, 1.82) is 0 Å². The lowest BCUT2D eigenvalue weighted by atomic mass is 9.86. The van der Waals surface area contributed by atoms with Crippen molar-refractivity contribution in [2.24, 2.45) is 10.9 Å². The van der Waals surface area contributed by atoms with E-state index in [2.05, 4.69) is 4.99 Å². The number of amides is 1. The molecule has 1 aliphatic rings. The number of aliphatic carboxylic acids is 1. The number of nitrogens with zero attached hydrogens (tertiary/aromatic N) is 2. The maximum atomic E-state index is 11.9. The molecule has 7 nitrogen and oxygen atoms in total. The minimum atomic E-state index is -1.37. The van der Waals surface area contributed by atoms with Gasteiger partial charge in [-0.15, -0.1) is 0 Å². The maximum absolute atomic E-state index is 11.9. The van der Waals surface area contributed by atoms with Gasteiger partial charge in [0.15, 0.2) is 0 Å². The fraction of sp³-hybridized carbons (Fsp3) is 0.200. The molecule has 1 aliphatic heterocycles. The lowest BCUT2D eigenvalue weighted by Crippen LogP contribution is -2.48. The summed E-state index contributed by atoms with van der Waals surface area (Å²) in [6.07, 6.45) is -1.37. The molecule has 2 atom stereocenters. The number of benzene rings is 2. The summed E-state index contributed by atoms with van der Waals surface area (Å²) < 4.78 is 5.91. The van der Waals surface area contributed by atoms with E-state index in [1.165, 1.54) is 6.92 Å². The zero-order valence-electron chi connectivity index (χ0n) is 15.0. The average molecular weight is 398 g/mol. The molecule has 0 aliphatic carbocycles. The molecule has 8 heteroatoms. The first-order chi connectivity index (χ1) is 13.4. The Bertz CT molecular complexity index is 945. The summed E-state index contributed by atoms with van der Waals surface area (Å²) in [7, 11) is 0. The Labute approximate surface area is 166 Å². The second-order valence-electron chi connectivity index (χ2n) is 6.26. The summed E-state index contributed by atoms with van der Waals surface area (Å²) in [6, 6.07) is 15.2. The van der Waals surface area contributed by atoms with Crippen molar-refractivity contribution in [3.05, 3.63) is 65.7 Å². The molecule has 0 aromatic heterocycles. The van der Waals surface area contributed by atoms with Crippen LogP contribution >= 0.6 is 12.2 Å². The first kappa shape index (κ1) is 19.5. The van der Waals surface area contributed by atoms with Gasteiger partial charge < -0.3 is 14.9 Å². The molecule has 1 heterocycles. The van der Waals surface area contributed by atoms with Crippen LogP contribution in [0.25, 0.3) is 0 Å². The van der Waals surface area contributed by atoms with Gasteiger partial charge in [0, 0.05) is 11.3 Å². The van der Waals surface area contributed by atoms with E-state index in [0.717, 1.165) is 10.5 Å². The molecule has 2 N–H and O–H groups in total. The number of rotatable bonds is 5. The Morgan fingerprint density at radius 2 is 1.75 bits per heavy atom. The highest BCUT2D eigenvalue weighted by Crippen LogP contribution is 2.39. The van der Waals surface area contributed by atoms with Crippen LogP contribution in [0.1, 0.15) is 24.1 Å². The molecule has 0 spiro atoms. The van der Waals surface area contributed by atoms with E-state index in [4.69, 9.17) is 17.0 Å². The Kier molecular flexibility index (Phi) is 5.70. The van der Waals surface area contributed by atoms with E-state index in [1.807, 2.05) is 30.3 Å². The van der Waals surface area contributed by atoms with Gasteiger partial charge in [0.05, 0.1) is 6.04 Å². The van der Waals surface area contributed by atoms with Gasteiger partial charge in [0.25, 0.3) is 0 Å². The van der Waals surface area contributed by atoms with E-state index < -0.39 is 24.0 Å². The number of carbonyl (C=O) groups is 2. The summed E-state index contributed by atoms with van der Waals surface area (Å²) in [5.41, 5.74) is 1.60. The Balaban J connectivity index is 2.03. The van der Waals surface area contributed by atoms with Crippen LogP contribution in [0, 0.1) is 5.92 Å². The molecule has 0 saturated carbocycles. The molecule has 2 aromatic carbocycles. The Hall–Kier alpha value is -3.26. The summed E-state index contributed by atoms with van der Waals surface area (Å²) in [6.45, 7) is 1.79. The number of aliphatic imine (C=N–C) groups is 1. The average Bonchev–Trinajstić information content (AvgIpc) is 2.66. The van der Waals surface area contributed by atoms with Gasteiger partial charge in [-0.3, -0.25) is 4.79 Å². The molecule has 28 heavy (non-hydrogen) atoms. The largest absolute Gasteiger partial charge is 0.489 e. The highest BCUT2D eigenvalue weighted by atomic mass is 32.1. The molecule has 0 saturated heterocycles. The number of para-hydroxylation sites is 1. The number of carboxylic acids is 1. The third-order valence-electron chi connectivity index (χ3n) is 4.47. The third kappa shape index (κ3) is 3.86. The second kappa shape index (κ2) is 8.18. The van der Waals surface area contributed by atoms with Crippen LogP contribution in [-0.2, 0) is 11.4 Å². The zero-order valence-corrected chi connectivity index (χ0v) is 15.8. The highest BCUT2D eigenvalue weighted by Gasteiger charge is 2.44. The quantitative estimate of drug-likeness (QED) is 0.744. The van der Waals surface area contributed by atoms with E-state index >= 15 is 0 Å². The molecule has 3 rings (SSSR count). The molecule has 0 fully saturated rings. The summed E-state index contributed by atoms with van der Waals surface area (Å²) in [5, 5.41) is 19.2. The van der Waals surface area contributed by atoms with Crippen LogP contribution in [0.5, 0.6) is 5.75 Å². The number of carboxylic acid groups (broad SMARTS) is 2. The lowest BCUT2D eigenvalue weighted by molar-refractivity contribution is -0.140. The van der Waals surface area contributed by atoms with Gasteiger partial charge in [0.2, 0.25) is 5.11 Å². The van der Waals surface area contributed by atoms with E-state index in [1.54, 1.807) is 24.3 Å². The summed E-state index contributed by atoms with van der Waals surface area (Å²) >= 11 is 5.11. The second-order valence-corrected chi connectivity index (χ2v) is 6.63. The van der Waals surface area contributed by atoms with E-state index in [0.29, 0.717) is 11.3 Å². The first-order valence-electron chi connectivity index (χ1n) is 8.50. The molecule has 144 valence electrons. The first-order valence-corrected chi connectivity index (χ1v) is 8.90.